The third-order valence-electron chi connectivity index (χ3n) is 4.83. The van der Waals surface area contributed by atoms with E-state index in [0.29, 0.717) is 22.2 Å². The summed E-state index contributed by atoms with van der Waals surface area (Å²) >= 11 is 6.55. The number of sulfone groups is 1. The molecule has 0 spiro atoms. The largest absolute Gasteiger partial charge is 0.339 e. The molecule has 1 aromatic carbocycles. The highest BCUT2D eigenvalue weighted by atomic mass is 32.2. The topological polar surface area (TPSA) is 74.8 Å². The lowest BCUT2D eigenvalue weighted by molar-refractivity contribution is -0.133. The lowest BCUT2D eigenvalue weighted by Crippen LogP contribution is -2.42. The molecule has 9 heteroatoms. The predicted octanol–water partition coefficient (Wildman–Crippen LogP) is 2.31. The fourth-order valence-electron chi connectivity index (χ4n) is 3.40. The molecule has 0 bridgehead atoms. The van der Waals surface area contributed by atoms with Crippen LogP contribution in [0.25, 0.3) is 6.08 Å². The Bertz CT molecular complexity index is 912. The number of thiocarbonyl (C=S) groups is 1. The van der Waals surface area contributed by atoms with E-state index in [0.717, 1.165) is 5.56 Å². The summed E-state index contributed by atoms with van der Waals surface area (Å²) in [5.74, 6) is -0.197. The van der Waals surface area contributed by atoms with E-state index in [2.05, 4.69) is 0 Å². The number of hydrogen-bond donors (Lipinski definition) is 0. The Kier molecular flexibility index (Phi) is 6.57. The molecule has 0 saturated carbocycles. The second-order valence-electron chi connectivity index (χ2n) is 6.73. The number of hydrogen-bond acceptors (Lipinski definition) is 6. The Hall–Kier alpha value is -1.71. The number of thioether (sulfide) groups is 1. The smallest absolute Gasteiger partial charge is 0.266 e. The zero-order valence-corrected chi connectivity index (χ0v) is 18.0. The summed E-state index contributed by atoms with van der Waals surface area (Å²) in [6.45, 7) is 2.49. The summed E-state index contributed by atoms with van der Waals surface area (Å²) in [5.41, 5.74) is 0.915. The molecule has 2 saturated heterocycles. The number of carbonyl (C=O) groups is 2. The van der Waals surface area contributed by atoms with Crippen LogP contribution in [0.4, 0.5) is 0 Å². The third kappa shape index (κ3) is 4.82. The van der Waals surface area contributed by atoms with Gasteiger partial charge in [0, 0.05) is 25.6 Å². The number of amides is 2. The quantitative estimate of drug-likeness (QED) is 0.501. The second-order valence-corrected chi connectivity index (χ2v) is 10.6. The standard InChI is InChI=1S/C19H22N2O4S3/c1-2-20(15-9-11-28(24,25)13-15)17(22)8-10-21-18(23)16(27-19(21)26)12-14-6-4-3-5-7-14/h3-7,12,15H,2,8-11,13H2,1H3/b16-12-/t15-/m1/s1. The van der Waals surface area contributed by atoms with Crippen molar-refractivity contribution in [3.63, 3.8) is 0 Å². The van der Waals surface area contributed by atoms with Gasteiger partial charge in [-0.3, -0.25) is 14.5 Å². The monoisotopic (exact) mass is 438 g/mol. The van der Waals surface area contributed by atoms with Crippen LogP contribution in [0.3, 0.4) is 0 Å². The average Bonchev–Trinajstić information content (AvgIpc) is 3.14. The van der Waals surface area contributed by atoms with Gasteiger partial charge in [0.1, 0.15) is 4.32 Å². The Morgan fingerprint density at radius 1 is 1.36 bits per heavy atom. The Balaban J connectivity index is 1.62. The highest BCUT2D eigenvalue weighted by molar-refractivity contribution is 8.26. The number of carbonyl (C=O) groups excluding carboxylic acids is 2. The van der Waals surface area contributed by atoms with Crippen molar-refractivity contribution >= 4 is 56.0 Å². The van der Waals surface area contributed by atoms with E-state index < -0.39 is 9.84 Å². The van der Waals surface area contributed by atoms with E-state index >= 15 is 0 Å². The van der Waals surface area contributed by atoms with Crippen LogP contribution in [0.1, 0.15) is 25.3 Å². The average molecular weight is 439 g/mol. The maximum atomic E-state index is 12.7. The molecule has 2 heterocycles. The van der Waals surface area contributed by atoms with Crippen LogP contribution in [-0.4, -0.2) is 65.0 Å². The number of rotatable bonds is 6. The van der Waals surface area contributed by atoms with Gasteiger partial charge in [-0.05, 0) is 25.0 Å². The van der Waals surface area contributed by atoms with Crippen molar-refractivity contribution in [2.45, 2.75) is 25.8 Å². The van der Waals surface area contributed by atoms with E-state index in [9.17, 15) is 18.0 Å². The van der Waals surface area contributed by atoms with Crippen molar-refractivity contribution < 1.29 is 18.0 Å². The molecule has 3 rings (SSSR count). The molecule has 0 N–H and O–H groups in total. The fraction of sp³-hybridized carbons (Fsp3) is 0.421. The summed E-state index contributed by atoms with van der Waals surface area (Å²) < 4.78 is 23.8. The summed E-state index contributed by atoms with van der Waals surface area (Å²) in [5, 5.41) is 0. The molecule has 0 aromatic heterocycles. The predicted molar refractivity (Wildman–Crippen MR) is 115 cm³/mol. The van der Waals surface area contributed by atoms with Crippen LogP contribution in [-0.2, 0) is 19.4 Å². The van der Waals surface area contributed by atoms with Gasteiger partial charge in [0.05, 0.1) is 16.4 Å². The molecule has 0 unspecified atom stereocenters. The molecular weight excluding hydrogens is 416 g/mol. The maximum Gasteiger partial charge on any atom is 0.266 e. The van der Waals surface area contributed by atoms with Gasteiger partial charge in [-0.25, -0.2) is 8.42 Å². The van der Waals surface area contributed by atoms with Crippen molar-refractivity contribution in [1.82, 2.24) is 9.80 Å². The van der Waals surface area contributed by atoms with Gasteiger partial charge < -0.3 is 4.90 Å². The number of benzene rings is 1. The molecule has 2 fully saturated rings. The second kappa shape index (κ2) is 8.75. The minimum atomic E-state index is -3.06. The fourth-order valence-corrected chi connectivity index (χ4v) is 6.44. The maximum absolute atomic E-state index is 12.7. The molecule has 2 amide bonds. The van der Waals surface area contributed by atoms with Gasteiger partial charge >= 0.3 is 0 Å². The highest BCUT2D eigenvalue weighted by Crippen LogP contribution is 2.32. The normalized spacial score (nSPS) is 22.8. The van der Waals surface area contributed by atoms with Gasteiger partial charge in [-0.2, -0.15) is 0 Å². The minimum Gasteiger partial charge on any atom is -0.339 e. The Morgan fingerprint density at radius 2 is 2.07 bits per heavy atom. The summed E-state index contributed by atoms with van der Waals surface area (Å²) in [7, 11) is -3.06. The first kappa shape index (κ1) is 21.0. The molecule has 6 nitrogen and oxygen atoms in total. The van der Waals surface area contributed by atoms with E-state index in [1.54, 1.807) is 11.0 Å². The third-order valence-corrected chi connectivity index (χ3v) is 7.96. The van der Waals surface area contributed by atoms with Crippen LogP contribution in [0.15, 0.2) is 35.2 Å². The van der Waals surface area contributed by atoms with E-state index in [1.807, 2.05) is 37.3 Å². The van der Waals surface area contributed by atoms with Crippen LogP contribution in [0, 0.1) is 0 Å². The molecule has 2 aliphatic heterocycles. The molecule has 1 aromatic rings. The van der Waals surface area contributed by atoms with E-state index in [-0.39, 0.29) is 42.3 Å². The molecule has 28 heavy (non-hydrogen) atoms. The molecule has 0 radical (unpaired) electrons. The van der Waals surface area contributed by atoms with Crippen molar-refractivity contribution in [1.29, 1.82) is 0 Å². The lowest BCUT2D eigenvalue weighted by atomic mass is 10.2. The Labute approximate surface area is 174 Å². The first-order valence-corrected chi connectivity index (χ1v) is 12.2. The van der Waals surface area contributed by atoms with Crippen LogP contribution >= 0.6 is 24.0 Å². The lowest BCUT2D eigenvalue weighted by Gasteiger charge is -2.27. The Morgan fingerprint density at radius 3 is 2.68 bits per heavy atom. The zero-order chi connectivity index (χ0) is 20.3. The SMILES string of the molecule is CCN(C(=O)CCN1C(=O)/C(=C/c2ccccc2)SC1=S)[C@@H]1CCS(=O)(=O)C1. The van der Waals surface area contributed by atoms with Crippen LogP contribution in [0.5, 0.6) is 0 Å². The number of nitrogens with zero attached hydrogens (tertiary/aromatic N) is 2. The molecule has 150 valence electrons. The molecular formula is C19H22N2O4S3. The molecule has 1 atom stereocenters. The van der Waals surface area contributed by atoms with E-state index in [1.165, 1.54) is 16.7 Å². The van der Waals surface area contributed by atoms with Crippen molar-refractivity contribution in [3.8, 4) is 0 Å². The van der Waals surface area contributed by atoms with Crippen LogP contribution in [0.2, 0.25) is 0 Å². The van der Waals surface area contributed by atoms with Crippen molar-refractivity contribution in [2.75, 3.05) is 24.6 Å². The van der Waals surface area contributed by atoms with Gasteiger partial charge in [0.15, 0.2) is 9.84 Å². The van der Waals surface area contributed by atoms with Crippen LogP contribution < -0.4 is 0 Å². The molecule has 0 aliphatic carbocycles. The van der Waals surface area contributed by atoms with Crippen molar-refractivity contribution in [3.05, 3.63) is 40.8 Å². The van der Waals surface area contributed by atoms with Gasteiger partial charge in [-0.15, -0.1) is 0 Å². The molecule has 2 aliphatic rings. The van der Waals surface area contributed by atoms with Gasteiger partial charge in [0.25, 0.3) is 5.91 Å². The van der Waals surface area contributed by atoms with E-state index in [4.69, 9.17) is 12.2 Å². The summed E-state index contributed by atoms with van der Waals surface area (Å²) in [6, 6.07) is 9.24. The van der Waals surface area contributed by atoms with Gasteiger partial charge in [0.2, 0.25) is 5.91 Å². The van der Waals surface area contributed by atoms with Crippen molar-refractivity contribution in [2.24, 2.45) is 0 Å². The minimum absolute atomic E-state index is 0.0213. The highest BCUT2D eigenvalue weighted by Gasteiger charge is 2.35. The summed E-state index contributed by atoms with van der Waals surface area (Å²) in [4.78, 5) is 28.9. The first-order valence-electron chi connectivity index (χ1n) is 9.11. The summed E-state index contributed by atoms with van der Waals surface area (Å²) in [6.07, 6.45) is 2.39. The zero-order valence-electron chi connectivity index (χ0n) is 15.5. The van der Waals surface area contributed by atoms with Gasteiger partial charge in [-0.1, -0.05) is 54.3 Å². The first-order chi connectivity index (χ1) is 13.3.